The smallest absolute Gasteiger partial charge is 0.326 e. The lowest BCUT2D eigenvalue weighted by Gasteiger charge is -2.38. The number of likely N-dealkylation sites (tertiary alicyclic amines) is 1. The van der Waals surface area contributed by atoms with E-state index in [4.69, 9.17) is 10.8 Å². The summed E-state index contributed by atoms with van der Waals surface area (Å²) in [5.74, 6) is -1.31. The number of aliphatic carboxylic acids is 1. The van der Waals surface area contributed by atoms with E-state index in [1.165, 1.54) is 4.90 Å². The van der Waals surface area contributed by atoms with Crippen molar-refractivity contribution in [2.24, 2.45) is 5.73 Å². The summed E-state index contributed by atoms with van der Waals surface area (Å²) in [6, 6.07) is -0.902. The number of amides is 1. The molecule has 2 rings (SSSR count). The average molecular weight is 242 g/mol. The van der Waals surface area contributed by atoms with Crippen molar-refractivity contribution in [2.75, 3.05) is 6.54 Å². The number of nitrogens with two attached hydrogens (primary N) is 1. The summed E-state index contributed by atoms with van der Waals surface area (Å²) < 4.78 is 0. The summed E-state index contributed by atoms with van der Waals surface area (Å²) in [6.45, 7) is 0.103. The molecule has 6 heteroatoms. The summed E-state index contributed by atoms with van der Waals surface area (Å²) in [5, 5.41) is 18.4. The Kier molecular flexibility index (Phi) is 3.09. The van der Waals surface area contributed by atoms with Crippen LogP contribution in [0.3, 0.4) is 0 Å². The van der Waals surface area contributed by atoms with Gasteiger partial charge in [-0.15, -0.1) is 0 Å². The molecule has 2 atom stereocenters. The zero-order valence-corrected chi connectivity index (χ0v) is 9.63. The maximum Gasteiger partial charge on any atom is 0.326 e. The molecule has 1 heterocycles. The Hall–Kier alpha value is -1.14. The van der Waals surface area contributed by atoms with Crippen LogP contribution in [0.2, 0.25) is 0 Å². The number of carboxylic acids is 1. The average Bonchev–Trinajstić information content (AvgIpc) is 2.58. The number of aliphatic hydroxyl groups excluding tert-OH is 1. The van der Waals surface area contributed by atoms with Gasteiger partial charge in [0, 0.05) is 24.9 Å². The van der Waals surface area contributed by atoms with E-state index in [2.05, 4.69) is 0 Å². The minimum absolute atomic E-state index is 0.103. The molecule has 1 aliphatic carbocycles. The molecule has 1 unspecified atom stereocenters. The maximum atomic E-state index is 12.0. The monoisotopic (exact) mass is 242 g/mol. The van der Waals surface area contributed by atoms with Crippen molar-refractivity contribution < 1.29 is 19.8 Å². The van der Waals surface area contributed by atoms with Gasteiger partial charge < -0.3 is 20.8 Å². The van der Waals surface area contributed by atoms with E-state index in [-0.39, 0.29) is 25.3 Å². The van der Waals surface area contributed by atoms with Crippen LogP contribution in [0, 0.1) is 0 Å². The first-order chi connectivity index (χ1) is 7.91. The van der Waals surface area contributed by atoms with Crippen LogP contribution in [0.5, 0.6) is 0 Å². The number of rotatable bonds is 3. The van der Waals surface area contributed by atoms with Crippen LogP contribution >= 0.6 is 0 Å². The molecule has 2 aliphatic rings. The van der Waals surface area contributed by atoms with Crippen LogP contribution < -0.4 is 5.73 Å². The van der Waals surface area contributed by atoms with Gasteiger partial charge in [0.1, 0.15) is 6.04 Å². The van der Waals surface area contributed by atoms with Gasteiger partial charge in [0.2, 0.25) is 5.91 Å². The minimum atomic E-state index is -1.06. The molecule has 0 aromatic rings. The lowest BCUT2D eigenvalue weighted by molar-refractivity contribution is -0.149. The third kappa shape index (κ3) is 2.42. The Labute approximate surface area is 99.4 Å². The van der Waals surface area contributed by atoms with Crippen molar-refractivity contribution in [3.8, 4) is 0 Å². The molecule has 0 radical (unpaired) electrons. The second-order valence-electron chi connectivity index (χ2n) is 5.18. The molecule has 0 aromatic heterocycles. The fourth-order valence-corrected chi connectivity index (χ4v) is 2.53. The second kappa shape index (κ2) is 4.27. The minimum Gasteiger partial charge on any atom is -0.480 e. The number of carbonyl (C=O) groups is 2. The Balaban J connectivity index is 2.00. The van der Waals surface area contributed by atoms with Gasteiger partial charge in [0.15, 0.2) is 0 Å². The lowest BCUT2D eigenvalue weighted by Crippen LogP contribution is -2.52. The standard InChI is InChI=1S/C11H18N2O4/c12-11(2-1-3-11)5-9(15)13-6-7(14)4-8(13)10(16)17/h7-8,14H,1-6,12H2,(H,16,17)/t7?,8-/m1/s1. The van der Waals surface area contributed by atoms with Gasteiger partial charge in [-0.2, -0.15) is 0 Å². The number of nitrogens with zero attached hydrogens (tertiary/aromatic N) is 1. The van der Waals surface area contributed by atoms with Crippen molar-refractivity contribution in [1.82, 2.24) is 4.90 Å². The largest absolute Gasteiger partial charge is 0.480 e. The fourth-order valence-electron chi connectivity index (χ4n) is 2.53. The van der Waals surface area contributed by atoms with Gasteiger partial charge >= 0.3 is 5.97 Å². The van der Waals surface area contributed by atoms with Gasteiger partial charge in [0.25, 0.3) is 0 Å². The zero-order chi connectivity index (χ0) is 12.6. The Morgan fingerprint density at radius 1 is 1.41 bits per heavy atom. The van der Waals surface area contributed by atoms with Crippen LogP contribution in [0.1, 0.15) is 32.1 Å². The highest BCUT2D eigenvalue weighted by Crippen LogP contribution is 2.33. The number of aliphatic hydroxyl groups is 1. The highest BCUT2D eigenvalue weighted by Gasteiger charge is 2.42. The van der Waals surface area contributed by atoms with Gasteiger partial charge in [-0.1, -0.05) is 0 Å². The van der Waals surface area contributed by atoms with E-state index < -0.39 is 23.7 Å². The summed E-state index contributed by atoms with van der Waals surface area (Å²) in [6.07, 6.45) is 2.20. The van der Waals surface area contributed by atoms with Crippen molar-refractivity contribution in [2.45, 2.75) is 49.8 Å². The summed E-state index contributed by atoms with van der Waals surface area (Å²) in [7, 11) is 0. The molecular formula is C11H18N2O4. The van der Waals surface area contributed by atoms with Crippen molar-refractivity contribution in [3.05, 3.63) is 0 Å². The molecule has 6 nitrogen and oxygen atoms in total. The van der Waals surface area contributed by atoms with Gasteiger partial charge in [-0.25, -0.2) is 4.79 Å². The molecule has 0 spiro atoms. The predicted molar refractivity (Wildman–Crippen MR) is 59.1 cm³/mol. The first-order valence-corrected chi connectivity index (χ1v) is 5.90. The lowest BCUT2D eigenvalue weighted by atomic mass is 9.75. The normalized spacial score (nSPS) is 31.1. The molecule has 17 heavy (non-hydrogen) atoms. The Bertz CT molecular complexity index is 340. The van der Waals surface area contributed by atoms with E-state index in [9.17, 15) is 14.7 Å². The van der Waals surface area contributed by atoms with E-state index in [0.717, 1.165) is 19.3 Å². The van der Waals surface area contributed by atoms with Crippen molar-refractivity contribution >= 4 is 11.9 Å². The van der Waals surface area contributed by atoms with Crippen LogP contribution in [0.15, 0.2) is 0 Å². The molecule has 0 aromatic carbocycles. The molecule has 1 saturated heterocycles. The summed E-state index contributed by atoms with van der Waals surface area (Å²) in [5.41, 5.74) is 5.52. The van der Waals surface area contributed by atoms with Crippen LogP contribution in [-0.4, -0.2) is 51.2 Å². The second-order valence-corrected chi connectivity index (χ2v) is 5.18. The fraction of sp³-hybridized carbons (Fsp3) is 0.818. The number of hydrogen-bond donors (Lipinski definition) is 3. The van der Waals surface area contributed by atoms with Crippen LogP contribution in [0.25, 0.3) is 0 Å². The quantitative estimate of drug-likeness (QED) is 0.607. The predicted octanol–water partition coefficient (Wildman–Crippen LogP) is -0.696. The third-order valence-electron chi connectivity index (χ3n) is 3.74. The van der Waals surface area contributed by atoms with Crippen molar-refractivity contribution in [1.29, 1.82) is 0 Å². The SMILES string of the molecule is NC1(CC(=O)N2CC(O)C[C@@H]2C(=O)O)CCC1. The molecule has 1 aliphatic heterocycles. The van der Waals surface area contributed by atoms with Crippen molar-refractivity contribution in [3.63, 3.8) is 0 Å². The number of β-amino-alcohol motifs (C(OH)–C–C–N with tert-alkyl or cyclic N) is 1. The first-order valence-electron chi connectivity index (χ1n) is 5.90. The molecule has 1 amide bonds. The molecule has 4 N–H and O–H groups in total. The Morgan fingerprint density at radius 3 is 2.53 bits per heavy atom. The number of carbonyl (C=O) groups excluding carboxylic acids is 1. The summed E-state index contributed by atoms with van der Waals surface area (Å²) >= 11 is 0. The number of carboxylic acid groups (broad SMARTS) is 1. The summed E-state index contributed by atoms with van der Waals surface area (Å²) in [4.78, 5) is 24.2. The zero-order valence-electron chi connectivity index (χ0n) is 9.63. The first kappa shape index (κ1) is 12.3. The topological polar surface area (TPSA) is 104 Å². The maximum absolute atomic E-state index is 12.0. The highest BCUT2D eigenvalue weighted by atomic mass is 16.4. The highest BCUT2D eigenvalue weighted by molar-refractivity contribution is 5.85. The van der Waals surface area contributed by atoms with Crippen LogP contribution in [0.4, 0.5) is 0 Å². The number of hydrogen-bond acceptors (Lipinski definition) is 4. The van der Waals surface area contributed by atoms with Crippen LogP contribution in [-0.2, 0) is 9.59 Å². The molecule has 2 fully saturated rings. The van der Waals surface area contributed by atoms with E-state index in [0.29, 0.717) is 0 Å². The van der Waals surface area contributed by atoms with E-state index >= 15 is 0 Å². The third-order valence-corrected chi connectivity index (χ3v) is 3.74. The van der Waals surface area contributed by atoms with Gasteiger partial charge in [-0.05, 0) is 19.3 Å². The van der Waals surface area contributed by atoms with E-state index in [1.54, 1.807) is 0 Å². The molecule has 1 saturated carbocycles. The van der Waals surface area contributed by atoms with Gasteiger partial charge in [0.05, 0.1) is 6.10 Å². The van der Waals surface area contributed by atoms with Gasteiger partial charge in [-0.3, -0.25) is 4.79 Å². The molecule has 96 valence electrons. The Morgan fingerprint density at radius 2 is 2.06 bits per heavy atom. The molecule has 0 bridgehead atoms. The van der Waals surface area contributed by atoms with E-state index in [1.807, 2.05) is 0 Å². The molecular weight excluding hydrogens is 224 g/mol.